The lowest BCUT2D eigenvalue weighted by Gasteiger charge is -2.37. The molecule has 0 spiro atoms. The molecule has 0 radical (unpaired) electrons. The summed E-state index contributed by atoms with van der Waals surface area (Å²) in [4.78, 5) is 20.1. The molecule has 4 N–H and O–H groups in total. The van der Waals surface area contributed by atoms with Crippen molar-refractivity contribution in [2.24, 2.45) is 0 Å². The Balaban J connectivity index is 1.52. The summed E-state index contributed by atoms with van der Waals surface area (Å²) in [6.45, 7) is 0.334. The zero-order valence-corrected chi connectivity index (χ0v) is 23.5. The number of hydrogen-bond acceptors (Lipinski definition) is 3. The number of hydrogen-bond donors (Lipinski definition) is 3. The molecule has 6 nitrogen and oxygen atoms in total. The Bertz CT molecular complexity index is 1440. The van der Waals surface area contributed by atoms with Crippen LogP contribution in [-0.4, -0.2) is 27.0 Å². The van der Waals surface area contributed by atoms with Crippen LogP contribution in [0.5, 0.6) is 0 Å². The first-order chi connectivity index (χ1) is 18.5. The molecule has 0 saturated carbocycles. The zero-order chi connectivity index (χ0) is 26.5. The molecule has 1 amide bonds. The number of amides is 1. The summed E-state index contributed by atoms with van der Waals surface area (Å²) in [5.41, 5.74) is 10.2. The van der Waals surface area contributed by atoms with E-state index in [1.165, 1.54) is 0 Å². The van der Waals surface area contributed by atoms with Crippen LogP contribution < -0.4 is 11.1 Å². The van der Waals surface area contributed by atoms with Gasteiger partial charge in [0, 0.05) is 12.7 Å². The lowest BCUT2D eigenvalue weighted by atomic mass is 9.76. The average molecular weight is 631 g/mol. The number of anilines is 1. The van der Waals surface area contributed by atoms with Gasteiger partial charge in [-0.2, -0.15) is 0 Å². The van der Waals surface area contributed by atoms with Crippen molar-refractivity contribution >= 4 is 49.8 Å². The Kier molecular flexibility index (Phi) is 7.62. The van der Waals surface area contributed by atoms with E-state index in [4.69, 9.17) is 5.73 Å². The van der Waals surface area contributed by atoms with E-state index >= 15 is 0 Å². The van der Waals surface area contributed by atoms with E-state index in [0.29, 0.717) is 23.9 Å². The first kappa shape index (κ1) is 25.8. The van der Waals surface area contributed by atoms with Crippen molar-refractivity contribution in [1.82, 2.24) is 19.9 Å². The molecule has 2 aromatic heterocycles. The minimum atomic E-state index is -0.741. The van der Waals surface area contributed by atoms with Crippen LogP contribution in [0, 0.1) is 0 Å². The van der Waals surface area contributed by atoms with Crippen LogP contribution in [-0.2, 0) is 5.54 Å². The van der Waals surface area contributed by atoms with E-state index in [0.717, 1.165) is 25.8 Å². The first-order valence-electron chi connectivity index (χ1n) is 12.0. The lowest BCUT2D eigenvalue weighted by Crippen LogP contribution is -2.38. The van der Waals surface area contributed by atoms with Crippen LogP contribution in [0.4, 0.5) is 5.95 Å². The van der Waals surface area contributed by atoms with Crippen LogP contribution >= 0.6 is 31.9 Å². The fourth-order valence-electron chi connectivity index (χ4n) is 4.67. The third-order valence-corrected chi connectivity index (χ3v) is 8.11. The van der Waals surface area contributed by atoms with Gasteiger partial charge in [0.25, 0.3) is 5.91 Å². The molecular formula is C30H25Br2N5O. The highest BCUT2D eigenvalue weighted by molar-refractivity contribution is 9.13. The Morgan fingerprint density at radius 2 is 1.45 bits per heavy atom. The third kappa shape index (κ3) is 4.97. The van der Waals surface area contributed by atoms with Crippen LogP contribution in [0.15, 0.2) is 118 Å². The van der Waals surface area contributed by atoms with Gasteiger partial charge < -0.3 is 16.0 Å². The number of aromatic nitrogens is 3. The Morgan fingerprint density at radius 1 is 0.921 bits per heavy atom. The number of nitrogens with zero attached hydrogens (tertiary/aromatic N) is 2. The first-order valence-corrected chi connectivity index (χ1v) is 13.6. The zero-order valence-electron chi connectivity index (χ0n) is 20.3. The average Bonchev–Trinajstić information content (AvgIpc) is 3.50. The van der Waals surface area contributed by atoms with Crippen LogP contribution in [0.25, 0.3) is 6.08 Å². The van der Waals surface area contributed by atoms with E-state index in [9.17, 15) is 4.79 Å². The molecule has 8 heteroatoms. The smallest absolute Gasteiger partial charge is 0.268 e. The molecule has 0 aliphatic heterocycles. The van der Waals surface area contributed by atoms with Gasteiger partial charge in [-0.1, -0.05) is 97.1 Å². The number of carbonyl (C=O) groups excluding carboxylic acids is 1. The van der Waals surface area contributed by atoms with Gasteiger partial charge in [-0.15, -0.1) is 0 Å². The highest BCUT2D eigenvalue weighted by atomic mass is 79.9. The monoisotopic (exact) mass is 629 g/mol. The van der Waals surface area contributed by atoms with E-state index < -0.39 is 5.54 Å². The SMILES string of the molecule is Nc1nc(/C=C\CNC(=O)c2cc(Br)c(Br)[nH]2)cn1C(c1ccccc1)(c1ccccc1)c1ccccc1. The molecule has 38 heavy (non-hydrogen) atoms. The number of imidazole rings is 1. The fraction of sp³-hybridized carbons (Fsp3) is 0.0667. The van der Waals surface area contributed by atoms with Gasteiger partial charge in [0.2, 0.25) is 5.95 Å². The maximum atomic E-state index is 12.4. The Labute approximate surface area is 237 Å². The van der Waals surface area contributed by atoms with Crippen molar-refractivity contribution in [3.8, 4) is 0 Å². The second-order valence-electron chi connectivity index (χ2n) is 8.66. The van der Waals surface area contributed by atoms with Crippen molar-refractivity contribution < 1.29 is 4.79 Å². The van der Waals surface area contributed by atoms with E-state index in [1.807, 2.05) is 77.5 Å². The van der Waals surface area contributed by atoms with Gasteiger partial charge in [0.1, 0.15) is 11.2 Å². The number of nitrogens with two attached hydrogens (primary N) is 1. The van der Waals surface area contributed by atoms with Gasteiger partial charge in [0.15, 0.2) is 0 Å². The van der Waals surface area contributed by atoms with E-state index in [2.05, 4.69) is 83.5 Å². The maximum absolute atomic E-state index is 12.4. The van der Waals surface area contributed by atoms with E-state index in [-0.39, 0.29) is 5.91 Å². The molecule has 3 aromatic carbocycles. The largest absolute Gasteiger partial charge is 0.369 e. The van der Waals surface area contributed by atoms with Gasteiger partial charge in [-0.25, -0.2) is 4.98 Å². The fourth-order valence-corrected chi connectivity index (χ4v) is 5.33. The molecule has 5 rings (SSSR count). The summed E-state index contributed by atoms with van der Waals surface area (Å²) in [7, 11) is 0. The summed E-state index contributed by atoms with van der Waals surface area (Å²) in [5.74, 6) is 0.175. The number of nitrogens with one attached hydrogen (secondary N) is 2. The summed E-state index contributed by atoms with van der Waals surface area (Å²) in [6.07, 6.45) is 5.67. The summed E-state index contributed by atoms with van der Waals surface area (Å²) in [5, 5.41) is 2.87. The number of nitrogen functional groups attached to an aromatic ring is 1. The summed E-state index contributed by atoms with van der Waals surface area (Å²) in [6, 6.07) is 32.6. The van der Waals surface area contributed by atoms with Crippen molar-refractivity contribution in [2.75, 3.05) is 12.3 Å². The minimum Gasteiger partial charge on any atom is -0.369 e. The van der Waals surface area contributed by atoms with Gasteiger partial charge in [-0.3, -0.25) is 9.36 Å². The van der Waals surface area contributed by atoms with Gasteiger partial charge in [0.05, 0.1) is 14.8 Å². The molecule has 2 heterocycles. The second kappa shape index (κ2) is 11.2. The molecule has 0 unspecified atom stereocenters. The summed E-state index contributed by atoms with van der Waals surface area (Å²) < 4.78 is 3.54. The highest BCUT2D eigenvalue weighted by Crippen LogP contribution is 2.42. The Morgan fingerprint density at radius 3 is 1.92 bits per heavy atom. The molecule has 190 valence electrons. The standard InChI is InChI=1S/C30H25Br2N5O/c31-25-19-26(36-27(25)32)28(38)34-18-10-17-24-20-37(29(33)35-24)30(21-11-4-1-5-12-21,22-13-6-2-7-14-22)23-15-8-3-9-16-23/h1-17,19-20,36H,18H2,(H2,33,35)(H,34,38)/b17-10-. The topological polar surface area (TPSA) is 88.7 Å². The number of benzene rings is 3. The molecule has 0 fully saturated rings. The quantitative estimate of drug-likeness (QED) is 0.169. The van der Waals surface area contributed by atoms with Gasteiger partial charge >= 0.3 is 0 Å². The Hall–Kier alpha value is -3.88. The van der Waals surface area contributed by atoms with Gasteiger partial charge in [-0.05, 0) is 60.7 Å². The predicted molar refractivity (Wildman–Crippen MR) is 159 cm³/mol. The normalized spacial score (nSPS) is 11.6. The van der Waals surface area contributed by atoms with E-state index in [1.54, 1.807) is 6.07 Å². The number of H-pyrrole nitrogens is 1. The second-order valence-corrected chi connectivity index (χ2v) is 10.3. The maximum Gasteiger partial charge on any atom is 0.268 e. The molecule has 0 atom stereocenters. The van der Waals surface area contributed by atoms with Crippen LogP contribution in [0.3, 0.4) is 0 Å². The predicted octanol–water partition coefficient (Wildman–Crippen LogP) is 6.60. The van der Waals surface area contributed by atoms with Crippen molar-refractivity contribution in [1.29, 1.82) is 0 Å². The van der Waals surface area contributed by atoms with Crippen molar-refractivity contribution in [3.05, 3.63) is 146 Å². The number of carbonyl (C=O) groups is 1. The molecular weight excluding hydrogens is 606 g/mol. The molecule has 0 aliphatic rings. The third-order valence-electron chi connectivity index (χ3n) is 6.33. The minimum absolute atomic E-state index is 0.206. The molecule has 0 saturated heterocycles. The molecule has 0 bridgehead atoms. The van der Waals surface area contributed by atoms with Crippen molar-refractivity contribution in [2.45, 2.75) is 5.54 Å². The summed E-state index contributed by atoms with van der Waals surface area (Å²) >= 11 is 6.73. The molecule has 5 aromatic rings. The molecule has 0 aliphatic carbocycles. The highest BCUT2D eigenvalue weighted by Gasteiger charge is 2.39. The lowest BCUT2D eigenvalue weighted by molar-refractivity contribution is 0.0953. The number of rotatable bonds is 8. The van der Waals surface area contributed by atoms with Crippen molar-refractivity contribution in [3.63, 3.8) is 0 Å². The number of halogens is 2. The number of aromatic amines is 1. The van der Waals surface area contributed by atoms with Crippen LogP contribution in [0.2, 0.25) is 0 Å². The van der Waals surface area contributed by atoms with Crippen LogP contribution in [0.1, 0.15) is 32.9 Å².